The van der Waals surface area contributed by atoms with Gasteiger partial charge in [-0.2, -0.15) is 0 Å². The third kappa shape index (κ3) is 5.36. The highest BCUT2D eigenvalue weighted by Gasteiger charge is 2.37. The molecule has 3 aromatic heterocycles. The third-order valence-corrected chi connectivity index (χ3v) is 5.65. The van der Waals surface area contributed by atoms with Gasteiger partial charge in [-0.15, -0.1) is 11.3 Å². The van der Waals surface area contributed by atoms with E-state index in [0.717, 1.165) is 21.9 Å². The van der Waals surface area contributed by atoms with Gasteiger partial charge in [0.25, 0.3) is 5.91 Å². The molecule has 0 aliphatic heterocycles. The smallest absolute Gasteiger partial charge is 0.317 e. The fourth-order valence-corrected chi connectivity index (χ4v) is 3.86. The summed E-state index contributed by atoms with van der Waals surface area (Å²) in [5, 5.41) is 7.12. The molecule has 3 amide bonds. The topological polar surface area (TPSA) is 105 Å². The predicted octanol–water partition coefficient (Wildman–Crippen LogP) is 3.90. The number of hydrogen-bond acceptors (Lipinski definition) is 6. The van der Waals surface area contributed by atoms with Crippen molar-refractivity contribution in [3.63, 3.8) is 0 Å². The van der Waals surface area contributed by atoms with Gasteiger partial charge < -0.3 is 15.1 Å². The van der Waals surface area contributed by atoms with E-state index < -0.39 is 29.6 Å². The average Bonchev–Trinajstić information content (AvgIpc) is 3.57. The highest BCUT2D eigenvalue weighted by Crippen LogP contribution is 2.28. The van der Waals surface area contributed by atoms with E-state index in [1.165, 1.54) is 42.1 Å². The number of furan rings is 1. The Morgan fingerprint density at radius 2 is 1.88 bits per heavy atom. The first kappa shape index (κ1) is 22.9. The van der Waals surface area contributed by atoms with E-state index in [1.807, 2.05) is 17.5 Å². The molecule has 0 radical (unpaired) electrons. The van der Waals surface area contributed by atoms with Crippen LogP contribution in [0.3, 0.4) is 0 Å². The van der Waals surface area contributed by atoms with Gasteiger partial charge in [-0.1, -0.05) is 6.07 Å². The Hall–Kier alpha value is -4.31. The largest absolute Gasteiger partial charge is 0.467 e. The van der Waals surface area contributed by atoms with Crippen LogP contribution in [0.4, 0.5) is 15.8 Å². The van der Waals surface area contributed by atoms with Crippen molar-refractivity contribution in [2.75, 3.05) is 10.2 Å². The minimum absolute atomic E-state index is 0.162. The van der Waals surface area contributed by atoms with Crippen LogP contribution in [0.1, 0.15) is 16.7 Å². The lowest BCUT2D eigenvalue weighted by Gasteiger charge is -2.29. The SMILES string of the molecule is O=C(Nc1ccc(F)cc1)C(=O)N(c1cccnc1)C(C(=O)NCc1cccs1)c1ccco1. The summed E-state index contributed by atoms with van der Waals surface area (Å²) in [6.45, 7) is 0.241. The van der Waals surface area contributed by atoms with Crippen LogP contribution >= 0.6 is 11.3 Å². The molecule has 4 rings (SSSR count). The number of carbonyl (C=O) groups is 3. The lowest BCUT2D eigenvalue weighted by Crippen LogP contribution is -2.47. The predicted molar refractivity (Wildman–Crippen MR) is 124 cm³/mol. The van der Waals surface area contributed by atoms with Gasteiger partial charge in [-0.3, -0.25) is 24.3 Å². The van der Waals surface area contributed by atoms with E-state index >= 15 is 0 Å². The summed E-state index contributed by atoms with van der Waals surface area (Å²) in [6.07, 6.45) is 4.24. The van der Waals surface area contributed by atoms with Crippen LogP contribution in [0.5, 0.6) is 0 Å². The van der Waals surface area contributed by atoms with Crippen molar-refractivity contribution in [3.8, 4) is 0 Å². The molecule has 4 aromatic rings. The van der Waals surface area contributed by atoms with Crippen LogP contribution in [0, 0.1) is 5.82 Å². The number of pyridine rings is 1. The monoisotopic (exact) mass is 478 g/mol. The van der Waals surface area contributed by atoms with Crippen molar-refractivity contribution in [3.05, 3.63) is 101 Å². The average molecular weight is 479 g/mol. The van der Waals surface area contributed by atoms with Gasteiger partial charge in [0.15, 0.2) is 6.04 Å². The molecule has 172 valence electrons. The van der Waals surface area contributed by atoms with Gasteiger partial charge >= 0.3 is 11.8 Å². The van der Waals surface area contributed by atoms with Crippen molar-refractivity contribution >= 4 is 40.4 Å². The normalized spacial score (nSPS) is 11.4. The molecule has 0 aliphatic carbocycles. The zero-order chi connectivity index (χ0) is 23.9. The van der Waals surface area contributed by atoms with Gasteiger partial charge in [0.1, 0.15) is 11.6 Å². The Labute approximate surface area is 198 Å². The minimum atomic E-state index is -1.29. The second kappa shape index (κ2) is 10.5. The van der Waals surface area contributed by atoms with Crippen molar-refractivity contribution in [2.45, 2.75) is 12.6 Å². The number of amides is 3. The van der Waals surface area contributed by atoms with Crippen LogP contribution in [0.25, 0.3) is 0 Å². The van der Waals surface area contributed by atoms with Crippen molar-refractivity contribution < 1.29 is 23.2 Å². The molecule has 2 N–H and O–H groups in total. The van der Waals surface area contributed by atoms with E-state index in [0.29, 0.717) is 0 Å². The molecule has 0 bridgehead atoms. The molecule has 10 heteroatoms. The first-order chi connectivity index (χ1) is 16.5. The van der Waals surface area contributed by atoms with Gasteiger partial charge in [-0.05, 0) is 60.0 Å². The number of nitrogens with zero attached hydrogens (tertiary/aromatic N) is 2. The zero-order valence-electron chi connectivity index (χ0n) is 17.7. The summed E-state index contributed by atoms with van der Waals surface area (Å²) in [6, 6.07) is 13.7. The van der Waals surface area contributed by atoms with E-state index in [2.05, 4.69) is 15.6 Å². The number of hydrogen-bond donors (Lipinski definition) is 2. The highest BCUT2D eigenvalue weighted by molar-refractivity contribution is 7.09. The highest BCUT2D eigenvalue weighted by atomic mass is 32.1. The molecule has 0 aliphatic rings. The summed E-state index contributed by atoms with van der Waals surface area (Å²) in [7, 11) is 0. The van der Waals surface area contributed by atoms with E-state index in [1.54, 1.807) is 24.3 Å². The molecular weight excluding hydrogens is 459 g/mol. The van der Waals surface area contributed by atoms with Crippen LogP contribution in [0.2, 0.25) is 0 Å². The number of thiophene rings is 1. The lowest BCUT2D eigenvalue weighted by atomic mass is 10.1. The van der Waals surface area contributed by atoms with Crippen LogP contribution in [0.15, 0.2) is 89.1 Å². The third-order valence-electron chi connectivity index (χ3n) is 4.78. The van der Waals surface area contributed by atoms with Gasteiger partial charge in [0.2, 0.25) is 0 Å². The number of carbonyl (C=O) groups excluding carboxylic acids is 3. The fourth-order valence-electron chi connectivity index (χ4n) is 3.21. The van der Waals surface area contributed by atoms with E-state index in [9.17, 15) is 18.8 Å². The number of aromatic nitrogens is 1. The second-order valence-corrected chi connectivity index (χ2v) is 8.09. The molecule has 0 saturated carbocycles. The maximum Gasteiger partial charge on any atom is 0.317 e. The number of halogens is 1. The lowest BCUT2D eigenvalue weighted by molar-refractivity contribution is -0.136. The summed E-state index contributed by atoms with van der Waals surface area (Å²) < 4.78 is 18.7. The zero-order valence-corrected chi connectivity index (χ0v) is 18.5. The molecule has 1 aromatic carbocycles. The quantitative estimate of drug-likeness (QED) is 0.392. The number of benzene rings is 1. The molecule has 0 spiro atoms. The minimum Gasteiger partial charge on any atom is -0.467 e. The van der Waals surface area contributed by atoms with Gasteiger partial charge in [0.05, 0.1) is 24.7 Å². The molecule has 0 saturated heterocycles. The van der Waals surface area contributed by atoms with E-state index in [-0.39, 0.29) is 23.7 Å². The van der Waals surface area contributed by atoms with Crippen LogP contribution < -0.4 is 15.5 Å². The molecule has 1 unspecified atom stereocenters. The first-order valence-electron chi connectivity index (χ1n) is 10.2. The standard InChI is InChI=1S/C24H19FN4O4S/c25-16-7-9-17(10-8-16)28-23(31)24(32)29(18-4-1-11-26-14-18)21(20-6-2-12-33-20)22(30)27-15-19-5-3-13-34-19/h1-14,21H,15H2,(H,27,30)(H,28,31). The Kier molecular flexibility index (Phi) is 7.09. The molecular formula is C24H19FN4O4S. The Morgan fingerprint density at radius 3 is 2.53 bits per heavy atom. The number of nitrogens with one attached hydrogen (secondary N) is 2. The summed E-state index contributed by atoms with van der Waals surface area (Å²) in [4.78, 5) is 45.5. The Balaban J connectivity index is 1.66. The summed E-state index contributed by atoms with van der Waals surface area (Å²) >= 11 is 1.47. The molecule has 0 fully saturated rings. The number of anilines is 2. The van der Waals surface area contributed by atoms with Gasteiger partial charge in [0, 0.05) is 16.8 Å². The maximum atomic E-state index is 13.4. The van der Waals surface area contributed by atoms with Crippen molar-refractivity contribution in [2.24, 2.45) is 0 Å². The second-order valence-electron chi connectivity index (χ2n) is 7.06. The van der Waals surface area contributed by atoms with E-state index in [4.69, 9.17) is 4.42 Å². The summed E-state index contributed by atoms with van der Waals surface area (Å²) in [5.41, 5.74) is 0.442. The molecule has 34 heavy (non-hydrogen) atoms. The van der Waals surface area contributed by atoms with Crippen molar-refractivity contribution in [1.82, 2.24) is 10.3 Å². The molecule has 8 nitrogen and oxygen atoms in total. The van der Waals surface area contributed by atoms with Gasteiger partial charge in [-0.25, -0.2) is 4.39 Å². The Morgan fingerprint density at radius 1 is 1.06 bits per heavy atom. The van der Waals surface area contributed by atoms with Crippen LogP contribution in [-0.4, -0.2) is 22.7 Å². The Bertz CT molecular complexity index is 1250. The maximum absolute atomic E-state index is 13.4. The molecule has 1 atom stereocenters. The number of rotatable bonds is 7. The van der Waals surface area contributed by atoms with Crippen molar-refractivity contribution in [1.29, 1.82) is 0 Å². The first-order valence-corrected chi connectivity index (χ1v) is 11.0. The van der Waals surface area contributed by atoms with Crippen LogP contribution in [-0.2, 0) is 20.9 Å². The fraction of sp³-hybridized carbons (Fsp3) is 0.0833. The summed E-state index contributed by atoms with van der Waals surface area (Å²) in [5.74, 6) is -2.91. The molecule has 3 heterocycles.